The van der Waals surface area contributed by atoms with E-state index in [0.29, 0.717) is 0 Å². The summed E-state index contributed by atoms with van der Waals surface area (Å²) < 4.78 is 0. The Bertz CT molecular complexity index is 2050. The molecule has 32 nitrogen and oxygen atoms in total. The minimum atomic E-state index is -1.68. The number of primary amides is 2. The second-order valence-electron chi connectivity index (χ2n) is 16.5. The predicted molar refractivity (Wildman–Crippen MR) is 262 cm³/mol. The summed E-state index contributed by atoms with van der Waals surface area (Å²) >= 11 is 1.23. The molecule has 0 aromatic heterocycles. The molecule has 0 saturated heterocycles. The summed E-state index contributed by atoms with van der Waals surface area (Å²) in [6, 6.07) is -12.5. The van der Waals surface area contributed by atoms with Crippen LogP contribution in [0.4, 0.5) is 0 Å². The average molecular weight is 1080 g/mol. The summed E-state index contributed by atoms with van der Waals surface area (Å²) in [7, 11) is 0. The van der Waals surface area contributed by atoms with Crippen LogP contribution in [-0.4, -0.2) is 178 Å². The van der Waals surface area contributed by atoms with E-state index in [4.69, 9.17) is 44.0 Å². The summed E-state index contributed by atoms with van der Waals surface area (Å²) in [5, 5.41) is 66.3. The third-order valence-electron chi connectivity index (χ3n) is 10.2. The van der Waals surface area contributed by atoms with Gasteiger partial charge in [-0.05, 0) is 70.3 Å². The maximum Gasteiger partial charge on any atom is 0.305 e. The van der Waals surface area contributed by atoms with Crippen LogP contribution in [0.15, 0.2) is 0 Å². The molecule has 0 spiro atoms. The molecule has 33 heteroatoms. The number of thioether (sulfide) groups is 1. The molecule has 416 valence electrons. The van der Waals surface area contributed by atoms with Crippen LogP contribution in [0.25, 0.3) is 0 Å². The van der Waals surface area contributed by atoms with Gasteiger partial charge in [0.1, 0.15) is 48.3 Å². The first kappa shape index (κ1) is 66.0. The maximum absolute atomic E-state index is 14.1. The van der Waals surface area contributed by atoms with Crippen LogP contribution in [-0.2, 0) is 62.3 Å². The van der Waals surface area contributed by atoms with Crippen LogP contribution in [0.2, 0.25) is 0 Å². The van der Waals surface area contributed by atoms with Gasteiger partial charge in [0.2, 0.25) is 59.1 Å². The summed E-state index contributed by atoms with van der Waals surface area (Å²) in [6.45, 7) is 2.23. The van der Waals surface area contributed by atoms with Crippen molar-refractivity contribution in [3.8, 4) is 0 Å². The number of rotatable bonds is 38. The lowest BCUT2D eigenvalue weighted by Crippen LogP contribution is -2.60. The number of hydrogen-bond donors (Lipinski definition) is 19. The summed E-state index contributed by atoms with van der Waals surface area (Å²) in [5.41, 5.74) is 21.3. The number of carboxylic acids is 3. The van der Waals surface area contributed by atoms with Gasteiger partial charge in [0, 0.05) is 39.3 Å². The molecule has 0 radical (unpaired) electrons. The van der Waals surface area contributed by atoms with Gasteiger partial charge in [0.25, 0.3) is 0 Å². The third-order valence-corrected chi connectivity index (χ3v) is 10.8. The first-order valence-corrected chi connectivity index (χ1v) is 24.2. The number of carbonyl (C=O) groups excluding carboxylic acids is 10. The van der Waals surface area contributed by atoms with Crippen molar-refractivity contribution in [1.82, 2.24) is 53.2 Å². The first-order chi connectivity index (χ1) is 34.6. The molecule has 10 amide bonds. The molecule has 0 aliphatic heterocycles. The lowest BCUT2D eigenvalue weighted by Gasteiger charge is -2.28. The molecule has 0 fully saturated rings. The van der Waals surface area contributed by atoms with Gasteiger partial charge in [-0.25, -0.2) is 0 Å². The third kappa shape index (κ3) is 29.4. The van der Waals surface area contributed by atoms with Gasteiger partial charge in [-0.2, -0.15) is 11.8 Å². The highest BCUT2D eigenvalue weighted by Crippen LogP contribution is 2.10. The van der Waals surface area contributed by atoms with Gasteiger partial charge in [-0.1, -0.05) is 0 Å². The van der Waals surface area contributed by atoms with E-state index in [-0.39, 0.29) is 50.9 Å². The molecule has 0 unspecified atom stereocenters. The molecule has 0 aliphatic carbocycles. The summed E-state index contributed by atoms with van der Waals surface area (Å²) in [6.07, 6.45) is -2.88. The van der Waals surface area contributed by atoms with Gasteiger partial charge in [-0.15, -0.1) is 0 Å². The van der Waals surface area contributed by atoms with E-state index in [1.165, 1.54) is 18.7 Å². The minimum absolute atomic E-state index is 0.0147. The number of nitrogens with two attached hydrogens (primary N) is 4. The van der Waals surface area contributed by atoms with E-state index in [0.717, 1.165) is 6.92 Å². The van der Waals surface area contributed by atoms with Crippen LogP contribution in [0.1, 0.15) is 90.9 Å². The normalized spacial score (nSPS) is 13.9. The highest BCUT2D eigenvalue weighted by atomic mass is 32.2. The van der Waals surface area contributed by atoms with E-state index >= 15 is 0 Å². The first-order valence-electron chi connectivity index (χ1n) is 22.9. The highest BCUT2D eigenvalue weighted by Gasteiger charge is 2.34. The van der Waals surface area contributed by atoms with E-state index in [1.54, 1.807) is 6.26 Å². The Morgan fingerprint density at radius 3 is 1.12 bits per heavy atom. The SMILES string of the molecule is CSCC[C@H](NC(=O)[C@H](CCC(=O)O)NC(=O)[C@H](CCC(=O)O)NC(C)=O)C(=O)N[C@@H](CCC(N)=O)C(=O)N[C@@H](CCCNC(=N)N)C(=O)N[C@@H](CCCNC(=N)N)C(=O)N[C@@H](C)C(=O)N[C@@H](CC(=O)O)C(N)=O. The molecular weight excluding hydrogens is 1000 g/mol. The molecule has 0 saturated carbocycles. The molecule has 8 atom stereocenters. The number of amides is 10. The topological polar surface area (TPSA) is 555 Å². The highest BCUT2D eigenvalue weighted by molar-refractivity contribution is 7.98. The van der Waals surface area contributed by atoms with Gasteiger partial charge in [0.15, 0.2) is 11.9 Å². The minimum Gasteiger partial charge on any atom is -0.481 e. The Kier molecular flexibility index (Phi) is 31.4. The van der Waals surface area contributed by atoms with E-state index in [2.05, 4.69) is 53.2 Å². The van der Waals surface area contributed by atoms with Gasteiger partial charge >= 0.3 is 17.9 Å². The maximum atomic E-state index is 14.1. The largest absolute Gasteiger partial charge is 0.481 e. The lowest BCUT2D eigenvalue weighted by molar-refractivity contribution is -0.140. The van der Waals surface area contributed by atoms with Crippen molar-refractivity contribution in [3.63, 3.8) is 0 Å². The fraction of sp³-hybridized carbons (Fsp3) is 0.634. The fourth-order valence-electron chi connectivity index (χ4n) is 6.41. The Balaban J connectivity index is 6.89. The Labute approximate surface area is 428 Å². The zero-order chi connectivity index (χ0) is 56.7. The second-order valence-corrected chi connectivity index (χ2v) is 17.5. The molecule has 0 heterocycles. The van der Waals surface area contributed by atoms with Crippen molar-refractivity contribution in [2.75, 3.05) is 25.1 Å². The lowest BCUT2D eigenvalue weighted by atomic mass is 10.0. The van der Waals surface area contributed by atoms with Crippen molar-refractivity contribution >= 4 is 101 Å². The molecule has 0 aliphatic rings. The zero-order valence-corrected chi connectivity index (χ0v) is 41.9. The molecule has 0 bridgehead atoms. The molecular formula is C41H70N16O16S. The van der Waals surface area contributed by atoms with E-state index in [9.17, 15) is 67.4 Å². The van der Waals surface area contributed by atoms with Crippen molar-refractivity contribution in [2.24, 2.45) is 22.9 Å². The van der Waals surface area contributed by atoms with Gasteiger partial charge in [0.05, 0.1) is 6.42 Å². The van der Waals surface area contributed by atoms with Crippen LogP contribution in [0.5, 0.6) is 0 Å². The molecule has 0 rings (SSSR count). The number of aliphatic carboxylic acids is 3. The van der Waals surface area contributed by atoms with Crippen LogP contribution >= 0.6 is 11.8 Å². The summed E-state index contributed by atoms with van der Waals surface area (Å²) in [5.74, 6) is -14.9. The monoisotopic (exact) mass is 1070 g/mol. The Morgan fingerprint density at radius 2 is 0.797 bits per heavy atom. The van der Waals surface area contributed by atoms with Crippen LogP contribution in [0.3, 0.4) is 0 Å². The Morgan fingerprint density at radius 1 is 0.459 bits per heavy atom. The van der Waals surface area contributed by atoms with Gasteiger partial charge < -0.3 is 91.4 Å². The average Bonchev–Trinajstić information content (AvgIpc) is 3.29. The van der Waals surface area contributed by atoms with E-state index in [1.807, 2.05) is 0 Å². The van der Waals surface area contributed by atoms with Crippen molar-refractivity contribution < 1.29 is 77.6 Å². The van der Waals surface area contributed by atoms with Crippen LogP contribution < -0.4 is 76.1 Å². The molecule has 74 heavy (non-hydrogen) atoms. The van der Waals surface area contributed by atoms with Gasteiger partial charge in [-0.3, -0.25) is 73.1 Å². The number of carbonyl (C=O) groups is 13. The standard InChI is InChI=1S/C41H70N16O16S/c1-19(33(67)57-27(32(43)66)18-31(64)65)50-34(68)21(6-4-15-48-40(44)45)52-35(69)22(7-5-16-49-41(46)47)53-37(71)24(8-11-28(42)59)54-39(73)26(14-17-74-3)56-38(72)25(10-13-30(62)63)55-36(70)23(51-20(2)58)9-12-29(60)61/h19,21-27H,4-18H2,1-3H3,(H2,42,59)(H2,43,66)(H,50,68)(H,51,58)(H,52,69)(H,53,71)(H,54,73)(H,55,70)(H,56,72)(H,57,67)(H,60,61)(H,62,63)(H,64,65)(H4,44,45,48)(H4,46,47,49)/t19-,21-,22-,23-,24-,25-,26-,27-/m0/s1. The fourth-order valence-corrected chi connectivity index (χ4v) is 6.88. The second kappa shape index (κ2) is 35.2. The van der Waals surface area contributed by atoms with Crippen molar-refractivity contribution in [2.45, 2.75) is 139 Å². The van der Waals surface area contributed by atoms with E-state index < -0.39 is 182 Å². The quantitative estimate of drug-likeness (QED) is 0.0155. The Hall–Kier alpha value is -8.00. The van der Waals surface area contributed by atoms with Crippen molar-refractivity contribution in [1.29, 1.82) is 10.8 Å². The predicted octanol–water partition coefficient (Wildman–Crippen LogP) is -6.86. The summed E-state index contributed by atoms with van der Waals surface area (Å²) in [4.78, 5) is 165. The smallest absolute Gasteiger partial charge is 0.305 e. The zero-order valence-electron chi connectivity index (χ0n) is 41.1. The number of guanidine groups is 2. The van der Waals surface area contributed by atoms with Crippen LogP contribution in [0, 0.1) is 10.8 Å². The number of carboxylic acid groups (broad SMARTS) is 3. The molecule has 23 N–H and O–H groups in total. The number of hydrogen-bond acceptors (Lipinski definition) is 16. The molecule has 0 aromatic carbocycles. The number of nitrogens with one attached hydrogen (secondary N) is 12. The van der Waals surface area contributed by atoms with Crippen molar-refractivity contribution in [3.05, 3.63) is 0 Å². The molecule has 0 aromatic rings.